The lowest BCUT2D eigenvalue weighted by molar-refractivity contribution is 0.295. The SMILES string of the molecule is CN1Cc2c(Cl)cc(Cl)cc2C(c2ccc(CCCCP(=O)(O)O)cc2)C1. The highest BCUT2D eigenvalue weighted by atomic mass is 35.5. The maximum Gasteiger partial charge on any atom is 0.325 e. The van der Waals surface area contributed by atoms with E-state index in [1.54, 1.807) is 6.07 Å². The van der Waals surface area contributed by atoms with E-state index in [9.17, 15) is 4.57 Å². The highest BCUT2D eigenvalue weighted by Gasteiger charge is 2.27. The van der Waals surface area contributed by atoms with E-state index in [1.165, 1.54) is 16.7 Å². The number of likely N-dealkylation sites (N-methyl/N-ethyl adjacent to an activating group) is 1. The highest BCUT2D eigenvalue weighted by Crippen LogP contribution is 2.38. The Hall–Kier alpha value is -0.870. The Balaban J connectivity index is 1.73. The van der Waals surface area contributed by atoms with Crippen LogP contribution in [0, 0.1) is 0 Å². The summed E-state index contributed by atoms with van der Waals surface area (Å²) in [7, 11) is -1.79. The van der Waals surface area contributed by atoms with Gasteiger partial charge in [0.2, 0.25) is 0 Å². The molecule has 0 saturated carbocycles. The Labute approximate surface area is 170 Å². The molecule has 1 aliphatic heterocycles. The molecular weight excluding hydrogens is 404 g/mol. The minimum atomic E-state index is -3.88. The summed E-state index contributed by atoms with van der Waals surface area (Å²) in [4.78, 5) is 20.1. The van der Waals surface area contributed by atoms with Gasteiger partial charge < -0.3 is 14.7 Å². The Kier molecular flexibility index (Phi) is 6.68. The summed E-state index contributed by atoms with van der Waals surface area (Å²) in [5.74, 6) is 0.221. The fraction of sp³-hybridized carbons (Fsp3) is 0.400. The molecule has 0 aliphatic carbocycles. The molecule has 27 heavy (non-hydrogen) atoms. The summed E-state index contributed by atoms with van der Waals surface area (Å²) in [6.07, 6.45) is 2.07. The molecule has 7 heteroatoms. The summed E-state index contributed by atoms with van der Waals surface area (Å²) < 4.78 is 10.9. The smallest absolute Gasteiger partial charge is 0.324 e. The van der Waals surface area contributed by atoms with Crippen LogP contribution in [0.3, 0.4) is 0 Å². The van der Waals surface area contributed by atoms with Gasteiger partial charge in [-0.25, -0.2) is 0 Å². The Morgan fingerprint density at radius 3 is 2.52 bits per heavy atom. The van der Waals surface area contributed by atoms with Gasteiger partial charge in [-0.3, -0.25) is 4.57 Å². The van der Waals surface area contributed by atoms with Crippen LogP contribution in [0.1, 0.15) is 41.0 Å². The summed E-state index contributed by atoms with van der Waals surface area (Å²) >= 11 is 12.7. The van der Waals surface area contributed by atoms with E-state index in [2.05, 4.69) is 36.2 Å². The lowest BCUT2D eigenvalue weighted by Gasteiger charge is -2.33. The number of hydrogen-bond acceptors (Lipinski definition) is 2. The van der Waals surface area contributed by atoms with Crippen molar-refractivity contribution < 1.29 is 14.4 Å². The third-order valence-electron chi connectivity index (χ3n) is 5.04. The molecule has 0 saturated heterocycles. The predicted octanol–water partition coefficient (Wildman–Crippen LogP) is 5.07. The first kappa shape index (κ1) is 20.9. The Morgan fingerprint density at radius 2 is 1.85 bits per heavy atom. The first-order valence-electron chi connectivity index (χ1n) is 9.03. The molecule has 0 aromatic heterocycles. The van der Waals surface area contributed by atoms with Gasteiger partial charge in [-0.1, -0.05) is 47.5 Å². The van der Waals surface area contributed by atoms with Crippen LogP contribution in [0.4, 0.5) is 0 Å². The maximum absolute atomic E-state index is 10.9. The third kappa shape index (κ3) is 5.57. The molecule has 2 aromatic carbocycles. The van der Waals surface area contributed by atoms with Crippen LogP contribution in [0.25, 0.3) is 0 Å². The van der Waals surface area contributed by atoms with E-state index >= 15 is 0 Å². The quantitative estimate of drug-likeness (QED) is 0.498. The largest absolute Gasteiger partial charge is 0.325 e. The Morgan fingerprint density at radius 1 is 1.15 bits per heavy atom. The highest BCUT2D eigenvalue weighted by molar-refractivity contribution is 7.51. The molecule has 0 fully saturated rings. The summed E-state index contributed by atoms with van der Waals surface area (Å²) in [6, 6.07) is 12.3. The van der Waals surface area contributed by atoms with Crippen LogP contribution >= 0.6 is 30.8 Å². The van der Waals surface area contributed by atoms with E-state index in [-0.39, 0.29) is 12.1 Å². The second kappa shape index (κ2) is 8.65. The van der Waals surface area contributed by atoms with Gasteiger partial charge in [0.15, 0.2) is 0 Å². The molecule has 1 atom stereocenters. The maximum atomic E-state index is 10.9. The number of rotatable bonds is 6. The van der Waals surface area contributed by atoms with Crippen molar-refractivity contribution in [3.63, 3.8) is 0 Å². The van der Waals surface area contributed by atoms with E-state index in [0.29, 0.717) is 11.4 Å². The van der Waals surface area contributed by atoms with Gasteiger partial charge in [0, 0.05) is 35.2 Å². The van der Waals surface area contributed by atoms with Crippen molar-refractivity contribution >= 4 is 30.8 Å². The number of hydrogen-bond donors (Lipinski definition) is 2. The lowest BCUT2D eigenvalue weighted by Crippen LogP contribution is -2.31. The average Bonchev–Trinajstić information content (AvgIpc) is 2.59. The monoisotopic (exact) mass is 427 g/mol. The molecule has 2 aromatic rings. The van der Waals surface area contributed by atoms with Gasteiger partial charge >= 0.3 is 7.60 Å². The first-order valence-corrected chi connectivity index (χ1v) is 11.6. The van der Waals surface area contributed by atoms with E-state index in [0.717, 1.165) is 36.5 Å². The number of halogens is 2. The van der Waals surface area contributed by atoms with E-state index < -0.39 is 7.60 Å². The zero-order chi connectivity index (χ0) is 19.6. The molecule has 2 N–H and O–H groups in total. The molecule has 146 valence electrons. The molecule has 0 bridgehead atoms. The van der Waals surface area contributed by atoms with Crippen molar-refractivity contribution in [1.29, 1.82) is 0 Å². The average molecular weight is 428 g/mol. The second-order valence-corrected chi connectivity index (χ2v) is 9.91. The van der Waals surface area contributed by atoms with Crippen molar-refractivity contribution in [3.05, 3.63) is 68.7 Å². The summed E-state index contributed by atoms with van der Waals surface area (Å²) in [6.45, 7) is 1.73. The van der Waals surface area contributed by atoms with Crippen molar-refractivity contribution in [3.8, 4) is 0 Å². The number of unbranched alkanes of at least 4 members (excludes halogenated alkanes) is 1. The minimum Gasteiger partial charge on any atom is -0.324 e. The zero-order valence-corrected chi connectivity index (χ0v) is 17.6. The summed E-state index contributed by atoms with van der Waals surface area (Å²) in [5.41, 5.74) is 4.74. The second-order valence-electron chi connectivity index (χ2n) is 7.29. The molecular formula is C20H24Cl2NO3P. The van der Waals surface area contributed by atoms with Crippen LogP contribution in [0.2, 0.25) is 10.0 Å². The van der Waals surface area contributed by atoms with Gasteiger partial charge in [0.25, 0.3) is 0 Å². The molecule has 4 nitrogen and oxygen atoms in total. The molecule has 3 rings (SSSR count). The molecule has 1 heterocycles. The van der Waals surface area contributed by atoms with Crippen LogP contribution in [-0.4, -0.2) is 34.4 Å². The van der Waals surface area contributed by atoms with Crippen LogP contribution < -0.4 is 0 Å². The van der Waals surface area contributed by atoms with Crippen LogP contribution in [0.5, 0.6) is 0 Å². The Bertz CT molecular complexity index is 851. The van der Waals surface area contributed by atoms with Gasteiger partial charge in [-0.05, 0) is 60.7 Å². The third-order valence-corrected chi connectivity index (χ3v) is 6.49. The number of nitrogens with zero attached hydrogens (tertiary/aromatic N) is 1. The van der Waals surface area contributed by atoms with Gasteiger partial charge in [0.05, 0.1) is 0 Å². The predicted molar refractivity (Wildman–Crippen MR) is 111 cm³/mol. The van der Waals surface area contributed by atoms with Crippen molar-refractivity contribution in [1.82, 2.24) is 4.90 Å². The van der Waals surface area contributed by atoms with Crippen LogP contribution in [0.15, 0.2) is 36.4 Å². The topological polar surface area (TPSA) is 60.8 Å². The molecule has 0 spiro atoms. The van der Waals surface area contributed by atoms with E-state index in [4.69, 9.17) is 33.0 Å². The first-order chi connectivity index (χ1) is 12.7. The van der Waals surface area contributed by atoms with E-state index in [1.807, 2.05) is 6.07 Å². The summed E-state index contributed by atoms with van der Waals surface area (Å²) in [5, 5.41) is 1.38. The van der Waals surface area contributed by atoms with Gasteiger partial charge in [0.1, 0.15) is 0 Å². The molecule has 0 radical (unpaired) electrons. The lowest BCUT2D eigenvalue weighted by atomic mass is 9.84. The van der Waals surface area contributed by atoms with Crippen molar-refractivity contribution in [2.24, 2.45) is 0 Å². The zero-order valence-electron chi connectivity index (χ0n) is 15.2. The normalized spacial score (nSPS) is 17.7. The molecule has 1 unspecified atom stereocenters. The van der Waals surface area contributed by atoms with Crippen LogP contribution in [-0.2, 0) is 17.5 Å². The molecule has 1 aliphatic rings. The fourth-order valence-corrected chi connectivity index (χ4v) is 4.90. The molecule has 0 amide bonds. The number of aryl methyl sites for hydroxylation is 1. The minimum absolute atomic E-state index is 0.0439. The number of benzene rings is 2. The van der Waals surface area contributed by atoms with Crippen molar-refractivity contribution in [2.75, 3.05) is 19.8 Å². The van der Waals surface area contributed by atoms with Gasteiger partial charge in [-0.2, -0.15) is 0 Å². The fourth-order valence-electron chi connectivity index (χ4n) is 3.69. The van der Waals surface area contributed by atoms with Crippen molar-refractivity contribution in [2.45, 2.75) is 31.7 Å². The van der Waals surface area contributed by atoms with Gasteiger partial charge in [-0.15, -0.1) is 0 Å². The standard InChI is InChI=1S/C20H24Cl2NO3P/c1-23-12-18(17-10-16(21)11-20(22)19(17)13-23)15-7-5-14(6-8-15)4-2-3-9-27(24,25)26/h5-8,10-11,18H,2-4,9,12-13H2,1H3,(H2,24,25,26). The number of fused-ring (bicyclic) bond motifs is 1.